The van der Waals surface area contributed by atoms with Crippen molar-refractivity contribution < 1.29 is 14.3 Å². The number of benzene rings is 2. The summed E-state index contributed by atoms with van der Waals surface area (Å²) in [6.07, 6.45) is 3.63. The van der Waals surface area contributed by atoms with Crippen molar-refractivity contribution in [3.8, 4) is 22.9 Å². The van der Waals surface area contributed by atoms with E-state index in [4.69, 9.17) is 26.8 Å². The van der Waals surface area contributed by atoms with Gasteiger partial charge in [0.05, 0.1) is 14.2 Å². The number of halogens is 3. The van der Waals surface area contributed by atoms with Gasteiger partial charge in [-0.3, -0.25) is 4.79 Å². The van der Waals surface area contributed by atoms with E-state index in [1.54, 1.807) is 14.2 Å². The molecule has 200 valence electrons. The average Bonchev–Trinajstić information content (AvgIpc) is 3.34. The first-order valence-corrected chi connectivity index (χ1v) is 12.3. The van der Waals surface area contributed by atoms with E-state index >= 15 is 0 Å². The molecule has 0 unspecified atom stereocenters. The van der Waals surface area contributed by atoms with Crippen LogP contribution in [-0.4, -0.2) is 58.9 Å². The van der Waals surface area contributed by atoms with E-state index in [-0.39, 0.29) is 42.2 Å². The fourth-order valence-corrected chi connectivity index (χ4v) is 5.73. The van der Waals surface area contributed by atoms with Crippen LogP contribution in [0.5, 0.6) is 11.5 Å². The van der Waals surface area contributed by atoms with Crippen LogP contribution in [0.1, 0.15) is 41.9 Å². The molecule has 1 fully saturated rings. The smallest absolute Gasteiger partial charge is 0.292 e. The predicted octanol–water partition coefficient (Wildman–Crippen LogP) is 4.75. The Hall–Kier alpha value is -2.52. The Kier molecular flexibility index (Phi) is 9.34. The Labute approximate surface area is 234 Å². The number of carbonyl (C=O) groups is 1. The molecule has 2 aromatic carbocycles. The van der Waals surface area contributed by atoms with E-state index in [0.717, 1.165) is 36.3 Å². The lowest BCUT2D eigenvalue weighted by atomic mass is 9.68. The number of nitrogens with zero attached hydrogens (tertiary/aromatic N) is 4. The van der Waals surface area contributed by atoms with Gasteiger partial charge in [-0.1, -0.05) is 23.7 Å². The molecular weight excluding hydrogens is 537 g/mol. The van der Waals surface area contributed by atoms with Crippen molar-refractivity contribution in [1.82, 2.24) is 19.7 Å². The van der Waals surface area contributed by atoms with E-state index in [2.05, 4.69) is 16.3 Å². The maximum atomic E-state index is 13.4. The lowest BCUT2D eigenvalue weighted by molar-refractivity contribution is 0.0523. The highest BCUT2D eigenvalue weighted by Crippen LogP contribution is 2.41. The zero-order valence-electron chi connectivity index (χ0n) is 20.9. The second kappa shape index (κ2) is 11.9. The third-order valence-corrected chi connectivity index (χ3v) is 7.83. The molecule has 11 heteroatoms. The van der Waals surface area contributed by atoms with Crippen molar-refractivity contribution in [2.45, 2.75) is 43.7 Å². The number of carbonyl (C=O) groups excluding carboxylic acids is 1. The summed E-state index contributed by atoms with van der Waals surface area (Å²) in [6.45, 7) is 1.84. The lowest BCUT2D eigenvalue weighted by Gasteiger charge is -2.44. The normalized spacial score (nSPS) is 20.9. The highest BCUT2D eigenvalue weighted by molar-refractivity contribution is 6.30. The van der Waals surface area contributed by atoms with Crippen LogP contribution in [0.15, 0.2) is 42.5 Å². The number of amides is 1. The summed E-state index contributed by atoms with van der Waals surface area (Å²) >= 11 is 6.26. The van der Waals surface area contributed by atoms with E-state index in [9.17, 15) is 4.79 Å². The first-order valence-electron chi connectivity index (χ1n) is 11.9. The fraction of sp³-hybridized carbons (Fsp3) is 0.423. The molecule has 37 heavy (non-hydrogen) atoms. The molecule has 0 atom stereocenters. The highest BCUT2D eigenvalue weighted by Gasteiger charge is 2.41. The van der Waals surface area contributed by atoms with Gasteiger partial charge >= 0.3 is 0 Å². The molecule has 8 nitrogen and oxygen atoms in total. The summed E-state index contributed by atoms with van der Waals surface area (Å²) in [5.74, 6) is 2.22. The van der Waals surface area contributed by atoms with Crippen molar-refractivity contribution in [2.75, 3.05) is 27.3 Å². The molecule has 0 spiro atoms. The Bertz CT molecular complexity index is 1240. The van der Waals surface area contributed by atoms with Crippen molar-refractivity contribution in [2.24, 2.45) is 5.73 Å². The first kappa shape index (κ1) is 29.0. The number of aromatic nitrogens is 3. The minimum Gasteiger partial charge on any atom is -0.493 e. The molecule has 5 rings (SSSR count). The number of hydrogen-bond donors (Lipinski definition) is 1. The fourth-order valence-electron chi connectivity index (χ4n) is 5.54. The molecule has 1 aliphatic heterocycles. The quantitative estimate of drug-likeness (QED) is 0.461. The largest absolute Gasteiger partial charge is 0.493 e. The number of nitrogens with two attached hydrogens (primary N) is 1. The van der Waals surface area contributed by atoms with Gasteiger partial charge in [-0.15, -0.1) is 35.0 Å². The minimum absolute atomic E-state index is 0. The predicted molar refractivity (Wildman–Crippen MR) is 149 cm³/mol. The molecule has 1 amide bonds. The van der Waals surface area contributed by atoms with Gasteiger partial charge in [0.25, 0.3) is 5.91 Å². The molecule has 2 N–H and O–H groups in total. The average molecular weight is 569 g/mol. The number of ether oxygens (including phenoxy) is 2. The van der Waals surface area contributed by atoms with E-state index in [1.165, 1.54) is 5.56 Å². The van der Waals surface area contributed by atoms with Gasteiger partial charge in [0.15, 0.2) is 17.3 Å². The van der Waals surface area contributed by atoms with Gasteiger partial charge in [0.2, 0.25) is 5.82 Å². The molecule has 1 saturated carbocycles. The van der Waals surface area contributed by atoms with Crippen molar-refractivity contribution in [3.63, 3.8) is 0 Å². The van der Waals surface area contributed by atoms with Crippen molar-refractivity contribution in [3.05, 3.63) is 58.9 Å². The van der Waals surface area contributed by atoms with Crippen LogP contribution >= 0.6 is 36.4 Å². The van der Waals surface area contributed by atoms with Crippen LogP contribution in [-0.2, 0) is 12.0 Å². The Morgan fingerprint density at radius 3 is 2.35 bits per heavy atom. The number of methoxy groups -OCH3 is 2. The SMILES string of the molecule is COc1ccc(-c2nnc3n2CCN([C@H]2CC[C@@](CN)(c4cccc(Cl)c4)CC2)C3=O)cc1OC.Cl.Cl. The molecular formula is C26H32Cl3N5O3. The summed E-state index contributed by atoms with van der Waals surface area (Å²) in [4.78, 5) is 15.4. The van der Waals surface area contributed by atoms with Gasteiger partial charge in [0.1, 0.15) is 0 Å². The summed E-state index contributed by atoms with van der Waals surface area (Å²) < 4.78 is 12.7. The standard InChI is InChI=1S/C26H30ClN5O3.2ClH/c1-34-21-7-6-17(14-22(21)35-2)23-29-30-24-25(33)31(12-13-32(23)24)20-8-10-26(16-28,11-9-20)18-4-3-5-19(27)15-18;;/h3-7,14-15,20H,8-13,16,28H2,1-2H3;2*1H/t20-,26+;;. The summed E-state index contributed by atoms with van der Waals surface area (Å²) in [7, 11) is 3.19. The second-order valence-electron chi connectivity index (χ2n) is 9.29. The number of fused-ring (bicyclic) bond motifs is 1. The molecule has 3 aromatic rings. The maximum Gasteiger partial charge on any atom is 0.292 e. The van der Waals surface area contributed by atoms with Crippen LogP contribution in [0, 0.1) is 0 Å². The number of hydrogen-bond acceptors (Lipinski definition) is 6. The maximum absolute atomic E-state index is 13.4. The summed E-state index contributed by atoms with van der Waals surface area (Å²) in [5.41, 5.74) is 8.19. The summed E-state index contributed by atoms with van der Waals surface area (Å²) in [6, 6.07) is 13.8. The second-order valence-corrected chi connectivity index (χ2v) is 9.73. The van der Waals surface area contributed by atoms with Crippen LogP contribution in [0.25, 0.3) is 11.4 Å². The number of rotatable bonds is 6. The molecule has 0 saturated heterocycles. The highest BCUT2D eigenvalue weighted by atomic mass is 35.5. The van der Waals surface area contributed by atoms with E-state index < -0.39 is 0 Å². The molecule has 1 aromatic heterocycles. The van der Waals surface area contributed by atoms with Gasteiger partial charge < -0.3 is 24.7 Å². The van der Waals surface area contributed by atoms with Crippen molar-refractivity contribution in [1.29, 1.82) is 0 Å². The van der Waals surface area contributed by atoms with Gasteiger partial charge in [0, 0.05) is 41.7 Å². The molecule has 1 aliphatic carbocycles. The zero-order valence-corrected chi connectivity index (χ0v) is 23.2. The minimum atomic E-state index is -0.0964. The third kappa shape index (κ3) is 5.25. The Balaban J connectivity index is 0.00000190. The van der Waals surface area contributed by atoms with Crippen LogP contribution in [0.3, 0.4) is 0 Å². The van der Waals surface area contributed by atoms with Gasteiger partial charge in [-0.05, 0) is 61.6 Å². The topological polar surface area (TPSA) is 95.5 Å². The molecule has 0 radical (unpaired) electrons. The van der Waals surface area contributed by atoms with Crippen molar-refractivity contribution >= 4 is 42.3 Å². The first-order chi connectivity index (χ1) is 17.0. The Morgan fingerprint density at radius 1 is 1.00 bits per heavy atom. The van der Waals surface area contributed by atoms with Crippen LogP contribution < -0.4 is 15.2 Å². The third-order valence-electron chi connectivity index (χ3n) is 7.59. The Morgan fingerprint density at radius 2 is 1.70 bits per heavy atom. The zero-order chi connectivity index (χ0) is 24.6. The molecule has 2 heterocycles. The van der Waals surface area contributed by atoms with Gasteiger partial charge in [-0.2, -0.15) is 0 Å². The molecule has 2 aliphatic rings. The van der Waals surface area contributed by atoms with E-state index in [0.29, 0.717) is 42.8 Å². The van der Waals surface area contributed by atoms with E-state index in [1.807, 2.05) is 45.9 Å². The molecule has 0 bridgehead atoms. The van der Waals surface area contributed by atoms with Crippen LogP contribution in [0.4, 0.5) is 0 Å². The monoisotopic (exact) mass is 567 g/mol. The summed E-state index contributed by atoms with van der Waals surface area (Å²) in [5, 5.41) is 9.36. The lowest BCUT2D eigenvalue weighted by Crippen LogP contribution is -2.50. The van der Waals surface area contributed by atoms with Crippen LogP contribution in [0.2, 0.25) is 5.02 Å². The van der Waals surface area contributed by atoms with Gasteiger partial charge in [-0.25, -0.2) is 0 Å².